The molecule has 0 amide bonds. The number of aliphatic hydroxyl groups is 1. The molecule has 18 heavy (non-hydrogen) atoms. The molecule has 1 fully saturated rings. The predicted octanol–water partition coefficient (Wildman–Crippen LogP) is 0.488. The minimum absolute atomic E-state index is 0.411. The maximum absolute atomic E-state index is 10.3. The Kier molecular flexibility index (Phi) is 3.83. The van der Waals surface area contributed by atoms with Crippen LogP contribution in [0.25, 0.3) is 0 Å². The molecule has 7 nitrogen and oxygen atoms in total. The van der Waals surface area contributed by atoms with Gasteiger partial charge in [-0.3, -0.25) is 0 Å². The first-order chi connectivity index (χ1) is 8.68. The Balaban J connectivity index is 2.09. The van der Waals surface area contributed by atoms with E-state index in [-0.39, 0.29) is 0 Å². The van der Waals surface area contributed by atoms with E-state index in [0.29, 0.717) is 23.9 Å². The number of nitrogens with two attached hydrogens (primary N) is 1. The van der Waals surface area contributed by atoms with Crippen LogP contribution in [0.15, 0.2) is 6.33 Å². The van der Waals surface area contributed by atoms with E-state index in [9.17, 15) is 5.11 Å². The van der Waals surface area contributed by atoms with E-state index in [0.717, 1.165) is 25.7 Å². The fraction of sp³-hybridized carbons (Fsp3) is 0.636. The highest BCUT2D eigenvalue weighted by Gasteiger charge is 2.31. The number of aromatic nitrogens is 2. The average Bonchev–Trinajstić information content (AvgIpc) is 2.83. The van der Waals surface area contributed by atoms with Gasteiger partial charge in [0.05, 0.1) is 12.7 Å². The Bertz CT molecular complexity index is 406. The van der Waals surface area contributed by atoms with Gasteiger partial charge in [0.1, 0.15) is 6.33 Å². The van der Waals surface area contributed by atoms with Gasteiger partial charge in [0, 0.05) is 6.54 Å². The van der Waals surface area contributed by atoms with E-state index in [4.69, 9.17) is 10.6 Å². The van der Waals surface area contributed by atoms with Gasteiger partial charge >= 0.3 is 0 Å². The minimum atomic E-state index is -0.647. The van der Waals surface area contributed by atoms with Crippen LogP contribution in [0.5, 0.6) is 5.75 Å². The second-order valence-corrected chi connectivity index (χ2v) is 4.53. The lowest BCUT2D eigenvalue weighted by Crippen LogP contribution is -2.33. The third kappa shape index (κ3) is 2.62. The number of hydrogen-bond donors (Lipinski definition) is 4. The third-order valence-electron chi connectivity index (χ3n) is 3.26. The average molecular weight is 253 g/mol. The van der Waals surface area contributed by atoms with Gasteiger partial charge in [-0.2, -0.15) is 0 Å². The fourth-order valence-corrected chi connectivity index (χ4v) is 2.25. The Morgan fingerprint density at radius 3 is 2.67 bits per heavy atom. The first kappa shape index (κ1) is 12.8. The van der Waals surface area contributed by atoms with Crippen LogP contribution in [0.3, 0.4) is 0 Å². The van der Waals surface area contributed by atoms with Gasteiger partial charge in [0.2, 0.25) is 5.75 Å². The zero-order valence-corrected chi connectivity index (χ0v) is 10.4. The number of hydrazine groups is 1. The molecule has 0 spiro atoms. The van der Waals surface area contributed by atoms with Crippen molar-refractivity contribution in [3.05, 3.63) is 6.33 Å². The summed E-state index contributed by atoms with van der Waals surface area (Å²) in [4.78, 5) is 8.05. The Hall–Kier alpha value is -1.60. The maximum atomic E-state index is 10.3. The van der Waals surface area contributed by atoms with Gasteiger partial charge in [-0.25, -0.2) is 15.8 Å². The number of methoxy groups -OCH3 is 1. The SMILES string of the molecule is COc1c(NN)ncnc1NCC1(O)CCCC1. The van der Waals surface area contributed by atoms with Crippen LogP contribution in [0.1, 0.15) is 25.7 Å². The van der Waals surface area contributed by atoms with Gasteiger partial charge in [-0.15, -0.1) is 0 Å². The second-order valence-electron chi connectivity index (χ2n) is 4.53. The third-order valence-corrected chi connectivity index (χ3v) is 3.26. The number of hydrogen-bond acceptors (Lipinski definition) is 7. The van der Waals surface area contributed by atoms with Crippen molar-refractivity contribution < 1.29 is 9.84 Å². The molecule has 1 aromatic rings. The summed E-state index contributed by atoms with van der Waals surface area (Å²) in [6.45, 7) is 0.449. The molecular weight excluding hydrogens is 234 g/mol. The smallest absolute Gasteiger partial charge is 0.205 e. The normalized spacial score (nSPS) is 17.5. The number of nitrogens with one attached hydrogen (secondary N) is 2. The summed E-state index contributed by atoms with van der Waals surface area (Å²) >= 11 is 0. The van der Waals surface area contributed by atoms with Crippen molar-refractivity contribution in [2.24, 2.45) is 5.84 Å². The molecular formula is C11H19N5O2. The lowest BCUT2D eigenvalue weighted by molar-refractivity contribution is 0.0613. The number of ether oxygens (including phenoxy) is 1. The number of nitrogen functional groups attached to an aromatic ring is 1. The standard InChI is InChI=1S/C11H19N5O2/c1-18-8-9(14-7-15-10(8)16-12)13-6-11(17)4-2-3-5-11/h7,17H,2-6,12H2,1H3,(H2,13,14,15,16). The van der Waals surface area contributed by atoms with E-state index in [1.54, 1.807) is 0 Å². The van der Waals surface area contributed by atoms with E-state index in [1.165, 1.54) is 13.4 Å². The largest absolute Gasteiger partial charge is 0.490 e. The van der Waals surface area contributed by atoms with Gasteiger partial charge in [-0.1, -0.05) is 12.8 Å². The molecule has 1 aliphatic rings. The summed E-state index contributed by atoms with van der Waals surface area (Å²) in [5.74, 6) is 6.73. The van der Waals surface area contributed by atoms with Crippen molar-refractivity contribution in [1.82, 2.24) is 9.97 Å². The molecule has 1 saturated carbocycles. The molecule has 5 N–H and O–H groups in total. The van der Waals surface area contributed by atoms with E-state index >= 15 is 0 Å². The van der Waals surface area contributed by atoms with Gasteiger partial charge in [-0.05, 0) is 12.8 Å². The van der Waals surface area contributed by atoms with Crippen molar-refractivity contribution in [3.63, 3.8) is 0 Å². The molecule has 0 bridgehead atoms. The van der Waals surface area contributed by atoms with Gasteiger partial charge < -0.3 is 20.6 Å². The monoisotopic (exact) mass is 253 g/mol. The number of anilines is 2. The van der Waals surface area contributed by atoms with Crippen LogP contribution in [0, 0.1) is 0 Å². The highest BCUT2D eigenvalue weighted by molar-refractivity contribution is 5.63. The number of rotatable bonds is 5. The van der Waals surface area contributed by atoms with Crippen LogP contribution >= 0.6 is 0 Å². The minimum Gasteiger partial charge on any atom is -0.490 e. The highest BCUT2D eigenvalue weighted by Crippen LogP contribution is 2.32. The van der Waals surface area contributed by atoms with Crippen molar-refractivity contribution >= 4 is 11.6 Å². The van der Waals surface area contributed by atoms with E-state index in [2.05, 4.69) is 20.7 Å². The highest BCUT2D eigenvalue weighted by atomic mass is 16.5. The summed E-state index contributed by atoms with van der Waals surface area (Å²) in [5.41, 5.74) is 1.80. The first-order valence-corrected chi connectivity index (χ1v) is 6.00. The zero-order valence-electron chi connectivity index (χ0n) is 10.4. The topological polar surface area (TPSA) is 105 Å². The summed E-state index contributed by atoms with van der Waals surface area (Å²) in [5, 5.41) is 13.4. The molecule has 0 aliphatic heterocycles. The fourth-order valence-electron chi connectivity index (χ4n) is 2.25. The summed E-state index contributed by atoms with van der Waals surface area (Å²) < 4.78 is 5.20. The molecule has 0 unspecified atom stereocenters. The molecule has 7 heteroatoms. The van der Waals surface area contributed by atoms with Gasteiger partial charge in [0.15, 0.2) is 11.6 Å². The summed E-state index contributed by atoms with van der Waals surface area (Å²) in [7, 11) is 1.52. The predicted molar refractivity (Wildman–Crippen MR) is 68.3 cm³/mol. The Morgan fingerprint density at radius 2 is 2.06 bits per heavy atom. The molecule has 1 aliphatic carbocycles. The number of nitrogens with zero attached hydrogens (tertiary/aromatic N) is 2. The van der Waals surface area contributed by atoms with Crippen molar-refractivity contribution in [1.29, 1.82) is 0 Å². The zero-order chi connectivity index (χ0) is 13.0. The van der Waals surface area contributed by atoms with E-state index < -0.39 is 5.60 Å². The van der Waals surface area contributed by atoms with Crippen LogP contribution in [0.4, 0.5) is 11.6 Å². The molecule has 100 valence electrons. The quantitative estimate of drug-likeness (QED) is 0.447. The first-order valence-electron chi connectivity index (χ1n) is 6.00. The second kappa shape index (κ2) is 5.36. The van der Waals surface area contributed by atoms with Gasteiger partial charge in [0.25, 0.3) is 0 Å². The Labute approximate surface area is 106 Å². The lowest BCUT2D eigenvalue weighted by Gasteiger charge is -2.23. The molecule has 2 rings (SSSR count). The molecule has 1 heterocycles. The van der Waals surface area contributed by atoms with Crippen LogP contribution < -0.4 is 21.3 Å². The maximum Gasteiger partial charge on any atom is 0.205 e. The summed E-state index contributed by atoms with van der Waals surface area (Å²) in [6.07, 6.45) is 5.15. The van der Waals surface area contributed by atoms with Crippen molar-refractivity contribution in [2.45, 2.75) is 31.3 Å². The van der Waals surface area contributed by atoms with Crippen molar-refractivity contribution in [2.75, 3.05) is 24.4 Å². The lowest BCUT2D eigenvalue weighted by atomic mass is 10.0. The van der Waals surface area contributed by atoms with Crippen LogP contribution in [-0.2, 0) is 0 Å². The van der Waals surface area contributed by atoms with Crippen LogP contribution in [-0.4, -0.2) is 34.3 Å². The molecule has 0 aromatic carbocycles. The summed E-state index contributed by atoms with van der Waals surface area (Å²) in [6, 6.07) is 0. The molecule has 1 aromatic heterocycles. The molecule has 0 atom stereocenters. The van der Waals surface area contributed by atoms with Crippen molar-refractivity contribution in [3.8, 4) is 5.75 Å². The Morgan fingerprint density at radius 1 is 1.39 bits per heavy atom. The van der Waals surface area contributed by atoms with Crippen LogP contribution in [0.2, 0.25) is 0 Å². The molecule has 0 saturated heterocycles. The van der Waals surface area contributed by atoms with E-state index in [1.807, 2.05) is 0 Å². The molecule has 0 radical (unpaired) electrons.